The van der Waals surface area contributed by atoms with Crippen molar-refractivity contribution in [3.05, 3.63) is 41.2 Å². The summed E-state index contributed by atoms with van der Waals surface area (Å²) in [6, 6.07) is 7.50. The highest BCUT2D eigenvalue weighted by atomic mass is 35.5. The second-order valence-corrected chi connectivity index (χ2v) is 3.92. The lowest BCUT2D eigenvalue weighted by Gasteiger charge is -1.97. The van der Waals surface area contributed by atoms with Crippen LogP contribution in [0.2, 0.25) is 5.02 Å². The van der Waals surface area contributed by atoms with Gasteiger partial charge in [-0.1, -0.05) is 23.7 Å². The van der Waals surface area contributed by atoms with Gasteiger partial charge in [0.25, 0.3) is 0 Å². The van der Waals surface area contributed by atoms with Crippen molar-refractivity contribution in [1.82, 2.24) is 4.98 Å². The number of nitrogens with two attached hydrogens (primary N) is 1. The van der Waals surface area contributed by atoms with Crippen LogP contribution in [0, 0.1) is 0 Å². The van der Waals surface area contributed by atoms with Crippen molar-refractivity contribution in [3.8, 4) is 11.5 Å². The van der Waals surface area contributed by atoms with E-state index in [1.54, 1.807) is 6.26 Å². The van der Waals surface area contributed by atoms with Gasteiger partial charge in [-0.25, -0.2) is 4.98 Å². The largest absolute Gasteiger partial charge is 0.444 e. The lowest BCUT2D eigenvalue weighted by Crippen LogP contribution is -2.00. The average molecular weight is 237 g/mol. The number of nitrogens with zero attached hydrogens (tertiary/aromatic N) is 1. The Balaban J connectivity index is 2.22. The van der Waals surface area contributed by atoms with Crippen LogP contribution >= 0.6 is 11.6 Å². The molecule has 0 aliphatic rings. The van der Waals surface area contributed by atoms with Gasteiger partial charge >= 0.3 is 0 Å². The molecule has 2 aromatic rings. The summed E-state index contributed by atoms with van der Waals surface area (Å²) in [6.07, 6.45) is 3.41. The van der Waals surface area contributed by atoms with Crippen LogP contribution in [0.1, 0.15) is 12.1 Å². The fourth-order valence-corrected chi connectivity index (χ4v) is 1.68. The summed E-state index contributed by atoms with van der Waals surface area (Å²) in [4.78, 5) is 4.37. The second kappa shape index (κ2) is 5.14. The van der Waals surface area contributed by atoms with Crippen molar-refractivity contribution in [3.63, 3.8) is 0 Å². The zero-order valence-electron chi connectivity index (χ0n) is 8.82. The summed E-state index contributed by atoms with van der Waals surface area (Å²) in [7, 11) is 0. The van der Waals surface area contributed by atoms with Crippen LogP contribution in [0.5, 0.6) is 0 Å². The van der Waals surface area contributed by atoms with Crippen LogP contribution in [0.3, 0.4) is 0 Å². The maximum atomic E-state index is 6.05. The Labute approximate surface area is 99.2 Å². The minimum Gasteiger partial charge on any atom is -0.444 e. The minimum atomic E-state index is 0.567. The highest BCUT2D eigenvalue weighted by Crippen LogP contribution is 2.26. The van der Waals surface area contributed by atoms with Gasteiger partial charge in [-0.05, 0) is 31.5 Å². The van der Waals surface area contributed by atoms with Gasteiger partial charge < -0.3 is 10.2 Å². The molecule has 0 saturated carbocycles. The molecule has 0 atom stereocenters. The van der Waals surface area contributed by atoms with Crippen molar-refractivity contribution >= 4 is 11.6 Å². The average Bonchev–Trinajstić information content (AvgIpc) is 2.75. The summed E-state index contributed by atoms with van der Waals surface area (Å²) in [6.45, 7) is 0.661. The van der Waals surface area contributed by atoms with Gasteiger partial charge in [0.2, 0.25) is 5.89 Å². The van der Waals surface area contributed by atoms with Crippen LogP contribution in [0.25, 0.3) is 11.5 Å². The van der Waals surface area contributed by atoms with Crippen molar-refractivity contribution in [2.24, 2.45) is 5.73 Å². The normalized spacial score (nSPS) is 10.6. The molecule has 3 nitrogen and oxygen atoms in total. The summed E-state index contributed by atoms with van der Waals surface area (Å²) in [5.74, 6) is 0.567. The van der Waals surface area contributed by atoms with Gasteiger partial charge in [-0.15, -0.1) is 0 Å². The van der Waals surface area contributed by atoms with E-state index < -0.39 is 0 Å². The van der Waals surface area contributed by atoms with E-state index in [1.807, 2.05) is 24.3 Å². The van der Waals surface area contributed by atoms with Gasteiger partial charge in [0.1, 0.15) is 6.26 Å². The smallest absolute Gasteiger partial charge is 0.227 e. The second-order valence-electron chi connectivity index (χ2n) is 3.52. The third kappa shape index (κ3) is 2.43. The van der Waals surface area contributed by atoms with Gasteiger partial charge in [0, 0.05) is 0 Å². The van der Waals surface area contributed by atoms with Gasteiger partial charge in [0.15, 0.2) is 0 Å². The number of halogens is 1. The fraction of sp³-hybridized carbons (Fsp3) is 0.250. The van der Waals surface area contributed by atoms with E-state index in [0.29, 0.717) is 17.5 Å². The predicted molar refractivity (Wildman–Crippen MR) is 64.3 cm³/mol. The van der Waals surface area contributed by atoms with E-state index >= 15 is 0 Å². The first-order chi connectivity index (χ1) is 7.81. The van der Waals surface area contributed by atoms with Gasteiger partial charge in [0.05, 0.1) is 16.3 Å². The molecule has 0 spiro atoms. The molecule has 1 heterocycles. The van der Waals surface area contributed by atoms with Crippen molar-refractivity contribution in [2.45, 2.75) is 12.8 Å². The van der Waals surface area contributed by atoms with Crippen LogP contribution in [-0.2, 0) is 6.42 Å². The van der Waals surface area contributed by atoms with Crippen LogP contribution in [0.4, 0.5) is 0 Å². The lowest BCUT2D eigenvalue weighted by molar-refractivity contribution is 0.572. The standard InChI is InChI=1S/C12H13ClN2O/c13-11-6-2-1-5-10(11)12-15-9(8-16-12)4-3-7-14/h1-2,5-6,8H,3-4,7,14H2. The molecule has 0 bridgehead atoms. The van der Waals surface area contributed by atoms with Crippen molar-refractivity contribution < 1.29 is 4.42 Å². The molecular weight excluding hydrogens is 224 g/mol. The van der Waals surface area contributed by atoms with E-state index in [4.69, 9.17) is 21.8 Å². The molecule has 2 N–H and O–H groups in total. The Morgan fingerprint density at radius 1 is 1.31 bits per heavy atom. The SMILES string of the molecule is NCCCc1coc(-c2ccccc2Cl)n1. The first-order valence-electron chi connectivity index (χ1n) is 5.20. The molecule has 0 saturated heterocycles. The number of rotatable bonds is 4. The Morgan fingerprint density at radius 3 is 2.88 bits per heavy atom. The molecule has 84 valence electrons. The quantitative estimate of drug-likeness (QED) is 0.888. The topological polar surface area (TPSA) is 52.0 Å². The summed E-state index contributed by atoms with van der Waals surface area (Å²) >= 11 is 6.05. The molecule has 1 aromatic heterocycles. The maximum absolute atomic E-state index is 6.05. The number of oxazole rings is 1. The predicted octanol–water partition coefficient (Wildman–Crippen LogP) is 2.89. The van der Waals surface area contributed by atoms with E-state index in [2.05, 4.69) is 4.98 Å². The highest BCUT2D eigenvalue weighted by molar-refractivity contribution is 6.33. The Morgan fingerprint density at radius 2 is 2.12 bits per heavy atom. The number of hydrogen-bond donors (Lipinski definition) is 1. The number of aromatic nitrogens is 1. The summed E-state index contributed by atoms with van der Waals surface area (Å²) in [5.41, 5.74) is 7.18. The van der Waals surface area contributed by atoms with E-state index in [9.17, 15) is 0 Å². The molecule has 0 aliphatic heterocycles. The molecule has 0 aliphatic carbocycles. The summed E-state index contributed by atoms with van der Waals surface area (Å²) < 4.78 is 5.39. The van der Waals surface area contributed by atoms with E-state index in [-0.39, 0.29) is 0 Å². The zero-order valence-corrected chi connectivity index (χ0v) is 9.57. The molecule has 1 aromatic carbocycles. The molecular formula is C12H13ClN2O. The number of aryl methyl sites for hydroxylation is 1. The van der Waals surface area contributed by atoms with Gasteiger partial charge in [-0.2, -0.15) is 0 Å². The molecule has 0 unspecified atom stereocenters. The molecule has 0 radical (unpaired) electrons. The first-order valence-corrected chi connectivity index (χ1v) is 5.58. The first kappa shape index (κ1) is 11.2. The van der Waals surface area contributed by atoms with E-state index in [1.165, 1.54) is 0 Å². The Hall–Kier alpha value is -1.32. The zero-order chi connectivity index (χ0) is 11.4. The molecule has 4 heteroatoms. The summed E-state index contributed by atoms with van der Waals surface area (Å²) in [5, 5.41) is 0.648. The van der Waals surface area contributed by atoms with Crippen molar-refractivity contribution in [1.29, 1.82) is 0 Å². The monoisotopic (exact) mass is 236 g/mol. The highest BCUT2D eigenvalue weighted by Gasteiger charge is 2.09. The third-order valence-corrected chi connectivity index (χ3v) is 2.62. The Kier molecular flexibility index (Phi) is 3.59. The maximum Gasteiger partial charge on any atom is 0.227 e. The fourth-order valence-electron chi connectivity index (χ4n) is 1.46. The van der Waals surface area contributed by atoms with E-state index in [0.717, 1.165) is 24.1 Å². The number of hydrogen-bond acceptors (Lipinski definition) is 3. The Bertz CT molecular complexity index is 468. The van der Waals surface area contributed by atoms with Crippen molar-refractivity contribution in [2.75, 3.05) is 6.54 Å². The van der Waals surface area contributed by atoms with Gasteiger partial charge in [-0.3, -0.25) is 0 Å². The van der Waals surface area contributed by atoms with Crippen LogP contribution < -0.4 is 5.73 Å². The third-order valence-electron chi connectivity index (χ3n) is 2.29. The molecule has 2 rings (SSSR count). The minimum absolute atomic E-state index is 0.567. The number of benzene rings is 1. The molecule has 0 fully saturated rings. The van der Waals surface area contributed by atoms with Crippen LogP contribution in [-0.4, -0.2) is 11.5 Å². The lowest BCUT2D eigenvalue weighted by atomic mass is 10.2. The van der Waals surface area contributed by atoms with Crippen LogP contribution in [0.15, 0.2) is 34.9 Å². The molecule has 0 amide bonds. The molecule has 16 heavy (non-hydrogen) atoms.